The maximum Gasteiger partial charge on any atom is 0.185 e. The summed E-state index contributed by atoms with van der Waals surface area (Å²) in [7, 11) is 5.35. The standard InChI is InChI=1S/2C8H18N4O.C8H18N2O.3ClH/c2*1-6(13)7(11-2)4-3-5-12-8(9)10;1-7(11)8(10-2)5-3-4-6-9;;;/h2*7,11H,3-5H2,1-2H3,(H4,9,10,12);8,10H,3-6,9H2,1-2H3;3*1H/t2*7-;8-;;;/m000.../s1. The van der Waals surface area contributed by atoms with Crippen molar-refractivity contribution >= 4 is 66.5 Å². The summed E-state index contributed by atoms with van der Waals surface area (Å²) in [4.78, 5) is 40.4. The molecule has 0 aliphatic rings. The van der Waals surface area contributed by atoms with E-state index in [-0.39, 0.29) is 84.6 Å². The van der Waals surface area contributed by atoms with E-state index in [0.717, 1.165) is 44.9 Å². The lowest BCUT2D eigenvalue weighted by atomic mass is 10.1. The number of likely N-dealkylation sites (N-methyl/N-ethyl adjacent to an activating group) is 3. The van der Waals surface area contributed by atoms with E-state index in [0.29, 0.717) is 19.6 Å². The lowest BCUT2D eigenvalue weighted by Gasteiger charge is -2.11. The molecule has 0 saturated heterocycles. The van der Waals surface area contributed by atoms with Crippen LogP contribution in [0.15, 0.2) is 9.98 Å². The van der Waals surface area contributed by atoms with Crippen molar-refractivity contribution in [1.82, 2.24) is 16.0 Å². The number of ketones is 3. The van der Waals surface area contributed by atoms with Crippen molar-refractivity contribution < 1.29 is 14.4 Å². The highest BCUT2D eigenvalue weighted by Crippen LogP contribution is 2.00. The Labute approximate surface area is 259 Å². The molecule has 40 heavy (non-hydrogen) atoms. The second-order valence-corrected chi connectivity index (χ2v) is 8.54. The molecule has 0 unspecified atom stereocenters. The number of nitrogens with zero attached hydrogens (tertiary/aromatic N) is 2. The first kappa shape index (κ1) is 51.0. The van der Waals surface area contributed by atoms with Crippen molar-refractivity contribution in [3.05, 3.63) is 0 Å². The summed E-state index contributed by atoms with van der Waals surface area (Å²) in [5, 5.41) is 8.83. The van der Waals surface area contributed by atoms with Gasteiger partial charge in [0.25, 0.3) is 0 Å². The van der Waals surface area contributed by atoms with Gasteiger partial charge in [-0.25, -0.2) is 0 Å². The van der Waals surface area contributed by atoms with Gasteiger partial charge in [-0.2, -0.15) is 0 Å². The Morgan fingerprint density at radius 3 is 1.05 bits per heavy atom. The molecule has 0 saturated carbocycles. The molecule has 3 atom stereocenters. The van der Waals surface area contributed by atoms with Gasteiger partial charge in [-0.05, 0) is 87.0 Å². The Balaban J connectivity index is -0.000000105. The molecule has 0 aromatic carbocycles. The molecule has 242 valence electrons. The number of hydrogen-bond acceptors (Lipinski definition) is 9. The Morgan fingerprint density at radius 2 is 0.850 bits per heavy atom. The van der Waals surface area contributed by atoms with Crippen LogP contribution in [0.4, 0.5) is 0 Å². The van der Waals surface area contributed by atoms with E-state index in [1.807, 2.05) is 7.05 Å². The van der Waals surface area contributed by atoms with Gasteiger partial charge in [-0.3, -0.25) is 24.4 Å². The summed E-state index contributed by atoms with van der Waals surface area (Å²) >= 11 is 0. The minimum atomic E-state index is -0.0748. The molecule has 0 aromatic heterocycles. The average Bonchev–Trinajstić information content (AvgIpc) is 2.81. The van der Waals surface area contributed by atoms with Crippen LogP contribution in [0.1, 0.15) is 65.7 Å². The molecule has 0 radical (unpaired) electrons. The summed E-state index contributed by atoms with van der Waals surface area (Å²) < 4.78 is 0. The number of carbonyl (C=O) groups excluding carboxylic acids is 3. The molecule has 0 bridgehead atoms. The van der Waals surface area contributed by atoms with Gasteiger partial charge in [-0.1, -0.05) is 6.42 Å². The van der Waals surface area contributed by atoms with Gasteiger partial charge < -0.3 is 44.6 Å². The highest BCUT2D eigenvalue weighted by atomic mass is 35.5. The topological polar surface area (TPSA) is 242 Å². The number of hydrogen-bond donors (Lipinski definition) is 8. The Bertz CT molecular complexity index is 637. The molecule has 16 heteroatoms. The van der Waals surface area contributed by atoms with Crippen molar-refractivity contribution in [3.8, 4) is 0 Å². The minimum absolute atomic E-state index is 0. The third-order valence-electron chi connectivity index (χ3n) is 5.36. The first-order valence-electron chi connectivity index (χ1n) is 12.7. The SMILES string of the molecule is CN[C@@H](CCCCN)C(C)=O.CN[C@@H](CCCN=C(N)N)C(C)=O.CN[C@@H](CCCN=C(N)N)C(C)=O.Cl.Cl.Cl. The predicted molar refractivity (Wildman–Crippen MR) is 175 cm³/mol. The van der Waals surface area contributed by atoms with Crippen LogP contribution < -0.4 is 44.6 Å². The van der Waals surface area contributed by atoms with Gasteiger partial charge in [0.2, 0.25) is 0 Å². The van der Waals surface area contributed by atoms with E-state index in [1.165, 1.54) is 0 Å². The summed E-state index contributed by atoms with van der Waals surface area (Å²) in [6.45, 7) is 6.63. The quantitative estimate of drug-likeness (QED) is 0.0563. The fourth-order valence-electron chi connectivity index (χ4n) is 3.15. The zero-order valence-corrected chi connectivity index (χ0v) is 27.5. The normalized spacial score (nSPS) is 11.5. The largest absolute Gasteiger partial charge is 0.370 e. The molecule has 0 fully saturated rings. The average molecular weight is 640 g/mol. The van der Waals surface area contributed by atoms with E-state index in [1.54, 1.807) is 34.9 Å². The third kappa shape index (κ3) is 36.3. The summed E-state index contributed by atoms with van der Waals surface area (Å²) in [5.74, 6) is 0.705. The van der Waals surface area contributed by atoms with Crippen LogP contribution in [0.3, 0.4) is 0 Å². The van der Waals surface area contributed by atoms with Crippen LogP contribution in [0.25, 0.3) is 0 Å². The van der Waals surface area contributed by atoms with Crippen LogP contribution in [0.2, 0.25) is 0 Å². The molecule has 13 N–H and O–H groups in total. The summed E-state index contributed by atoms with van der Waals surface area (Å²) in [6, 6.07) is -0.120. The Morgan fingerprint density at radius 1 is 0.575 bits per heavy atom. The molecular weight excluding hydrogens is 583 g/mol. The molecule has 13 nitrogen and oxygen atoms in total. The zero-order valence-electron chi connectivity index (χ0n) is 25.0. The number of unbranched alkanes of at least 4 members (excludes halogenated alkanes) is 1. The van der Waals surface area contributed by atoms with Crippen LogP contribution >= 0.6 is 37.2 Å². The van der Waals surface area contributed by atoms with E-state index < -0.39 is 0 Å². The first-order chi connectivity index (χ1) is 17.4. The Hall–Kier alpha value is -1.74. The zero-order chi connectivity index (χ0) is 29.2. The summed E-state index contributed by atoms with van der Waals surface area (Å²) in [6.07, 6.45) is 6.09. The Kier molecular flexibility index (Phi) is 45.0. The van der Waals surface area contributed by atoms with Crippen molar-refractivity contribution in [2.75, 3.05) is 40.8 Å². The molecule has 0 aliphatic heterocycles. The van der Waals surface area contributed by atoms with Crippen molar-refractivity contribution in [1.29, 1.82) is 0 Å². The van der Waals surface area contributed by atoms with Crippen LogP contribution in [-0.4, -0.2) is 88.2 Å². The second kappa shape index (κ2) is 35.3. The van der Waals surface area contributed by atoms with E-state index in [4.69, 9.17) is 28.7 Å². The van der Waals surface area contributed by atoms with Crippen LogP contribution in [0, 0.1) is 0 Å². The molecule has 0 aromatic rings. The number of rotatable bonds is 18. The number of nitrogens with two attached hydrogens (primary N) is 5. The molecular formula is C24H57Cl3N10O3. The highest BCUT2D eigenvalue weighted by molar-refractivity contribution is 5.86. The number of Topliss-reactive ketones (excluding diaryl/α,β-unsaturated/α-hetero) is 3. The first-order valence-corrected chi connectivity index (χ1v) is 12.7. The lowest BCUT2D eigenvalue weighted by Crippen LogP contribution is -2.32. The smallest absolute Gasteiger partial charge is 0.185 e. The van der Waals surface area contributed by atoms with Crippen molar-refractivity contribution in [3.63, 3.8) is 0 Å². The van der Waals surface area contributed by atoms with E-state index in [2.05, 4.69) is 25.9 Å². The van der Waals surface area contributed by atoms with Gasteiger partial charge in [0.05, 0.1) is 18.1 Å². The fourth-order valence-corrected chi connectivity index (χ4v) is 3.15. The highest BCUT2D eigenvalue weighted by Gasteiger charge is 2.11. The number of aliphatic imine (C=N–C) groups is 2. The van der Waals surface area contributed by atoms with Crippen LogP contribution in [-0.2, 0) is 14.4 Å². The van der Waals surface area contributed by atoms with Gasteiger partial charge >= 0.3 is 0 Å². The monoisotopic (exact) mass is 638 g/mol. The van der Waals surface area contributed by atoms with Gasteiger partial charge in [0, 0.05) is 13.1 Å². The van der Waals surface area contributed by atoms with Gasteiger partial charge in [-0.15, -0.1) is 37.2 Å². The van der Waals surface area contributed by atoms with Gasteiger partial charge in [0.1, 0.15) is 17.3 Å². The maximum absolute atomic E-state index is 11.0. The maximum atomic E-state index is 11.0. The molecule has 0 spiro atoms. The number of guanidine groups is 2. The number of nitrogens with one attached hydrogen (secondary N) is 3. The minimum Gasteiger partial charge on any atom is -0.370 e. The van der Waals surface area contributed by atoms with Crippen molar-refractivity contribution in [2.24, 2.45) is 38.7 Å². The molecule has 0 aliphatic carbocycles. The molecule has 0 heterocycles. The van der Waals surface area contributed by atoms with E-state index in [9.17, 15) is 14.4 Å². The molecule has 0 amide bonds. The predicted octanol–water partition coefficient (Wildman–Crippen LogP) is -0.00820. The second-order valence-electron chi connectivity index (χ2n) is 8.54. The lowest BCUT2D eigenvalue weighted by molar-refractivity contribution is -0.119. The third-order valence-corrected chi connectivity index (χ3v) is 5.36. The summed E-state index contributed by atoms with van der Waals surface area (Å²) in [5.41, 5.74) is 25.9. The molecule has 0 rings (SSSR count). The number of halogens is 3. The number of carbonyl (C=O) groups is 3. The van der Waals surface area contributed by atoms with Gasteiger partial charge in [0.15, 0.2) is 11.9 Å². The fraction of sp³-hybridized carbons (Fsp3) is 0.792. The van der Waals surface area contributed by atoms with E-state index >= 15 is 0 Å². The van der Waals surface area contributed by atoms with Crippen molar-refractivity contribution in [2.45, 2.75) is 83.8 Å². The van der Waals surface area contributed by atoms with Crippen LogP contribution in [0.5, 0.6) is 0 Å².